The Kier molecular flexibility index (Phi) is 5.20. The minimum atomic E-state index is -3.50. The van der Waals surface area contributed by atoms with Gasteiger partial charge < -0.3 is 9.47 Å². The Morgan fingerprint density at radius 1 is 1.39 bits per heavy atom. The Morgan fingerprint density at radius 3 is 2.57 bits per heavy atom. The van der Waals surface area contributed by atoms with E-state index in [1.165, 1.54) is 0 Å². The molecule has 0 saturated carbocycles. The SMILES string of the molecule is Cc1cc(C(=O)N2CCC[C@H](CS(N)(=O)=O)C2)c(C)n1C(C)C. The number of carbonyl (C=O) groups is 1. The highest BCUT2D eigenvalue weighted by molar-refractivity contribution is 7.89. The molecule has 6 nitrogen and oxygen atoms in total. The van der Waals surface area contributed by atoms with Crippen molar-refractivity contribution in [2.24, 2.45) is 11.1 Å². The quantitative estimate of drug-likeness (QED) is 0.906. The summed E-state index contributed by atoms with van der Waals surface area (Å²) in [5.41, 5.74) is 2.75. The standard InChI is InChI=1S/C16H27N3O3S/c1-11(2)19-12(3)8-15(13(19)4)16(20)18-7-5-6-14(9-18)10-23(17,21)22/h8,11,14H,5-7,9-10H2,1-4H3,(H2,17,21,22)/t14-/m0/s1. The zero-order valence-electron chi connectivity index (χ0n) is 14.4. The molecular weight excluding hydrogens is 314 g/mol. The molecule has 1 amide bonds. The van der Waals surface area contributed by atoms with Gasteiger partial charge in [-0.15, -0.1) is 0 Å². The number of likely N-dealkylation sites (tertiary alicyclic amines) is 1. The smallest absolute Gasteiger partial charge is 0.255 e. The first-order chi connectivity index (χ1) is 10.6. The van der Waals surface area contributed by atoms with Gasteiger partial charge in [0.05, 0.1) is 11.3 Å². The summed E-state index contributed by atoms with van der Waals surface area (Å²) in [5.74, 6) is -0.137. The van der Waals surface area contributed by atoms with Gasteiger partial charge in [-0.2, -0.15) is 0 Å². The van der Waals surface area contributed by atoms with Gasteiger partial charge in [0.1, 0.15) is 0 Å². The second-order valence-corrected chi connectivity index (χ2v) is 8.50. The fourth-order valence-electron chi connectivity index (χ4n) is 3.67. The zero-order chi connectivity index (χ0) is 17.4. The Hall–Kier alpha value is -1.34. The van der Waals surface area contributed by atoms with E-state index in [1.54, 1.807) is 4.90 Å². The molecule has 2 rings (SSSR count). The largest absolute Gasteiger partial charge is 0.346 e. The number of primary sulfonamides is 1. The molecule has 2 heterocycles. The molecule has 2 N–H and O–H groups in total. The van der Waals surface area contributed by atoms with Gasteiger partial charge in [-0.25, -0.2) is 13.6 Å². The Morgan fingerprint density at radius 2 is 2.04 bits per heavy atom. The van der Waals surface area contributed by atoms with Crippen molar-refractivity contribution in [3.63, 3.8) is 0 Å². The van der Waals surface area contributed by atoms with Crippen LogP contribution in [0.4, 0.5) is 0 Å². The van der Waals surface area contributed by atoms with E-state index in [2.05, 4.69) is 18.4 Å². The van der Waals surface area contributed by atoms with Crippen molar-refractivity contribution >= 4 is 15.9 Å². The van der Waals surface area contributed by atoms with Crippen LogP contribution in [0.3, 0.4) is 0 Å². The lowest BCUT2D eigenvalue weighted by Gasteiger charge is -2.32. The number of nitrogens with two attached hydrogens (primary N) is 1. The highest BCUT2D eigenvalue weighted by Crippen LogP contribution is 2.24. The molecule has 7 heteroatoms. The number of hydrogen-bond donors (Lipinski definition) is 1. The number of aromatic nitrogens is 1. The minimum Gasteiger partial charge on any atom is -0.346 e. The summed E-state index contributed by atoms with van der Waals surface area (Å²) in [4.78, 5) is 14.6. The third-order valence-electron chi connectivity index (χ3n) is 4.51. The predicted octanol–water partition coefficient (Wildman–Crippen LogP) is 1.83. The topological polar surface area (TPSA) is 85.4 Å². The average molecular weight is 341 g/mol. The van der Waals surface area contributed by atoms with Crippen LogP contribution in [0.15, 0.2) is 6.07 Å². The molecule has 1 fully saturated rings. The summed E-state index contributed by atoms with van der Waals surface area (Å²) >= 11 is 0. The van der Waals surface area contributed by atoms with Crippen LogP contribution in [-0.2, 0) is 10.0 Å². The fourth-order valence-corrected chi connectivity index (χ4v) is 4.60. The van der Waals surface area contributed by atoms with Crippen molar-refractivity contribution in [2.45, 2.75) is 46.6 Å². The molecule has 1 aliphatic heterocycles. The van der Waals surface area contributed by atoms with Gasteiger partial charge >= 0.3 is 0 Å². The first-order valence-electron chi connectivity index (χ1n) is 8.08. The maximum absolute atomic E-state index is 12.9. The van der Waals surface area contributed by atoms with E-state index in [4.69, 9.17) is 5.14 Å². The van der Waals surface area contributed by atoms with Crippen molar-refractivity contribution < 1.29 is 13.2 Å². The van der Waals surface area contributed by atoms with E-state index in [-0.39, 0.29) is 17.6 Å². The summed E-state index contributed by atoms with van der Waals surface area (Å²) in [7, 11) is -3.50. The van der Waals surface area contributed by atoms with E-state index < -0.39 is 10.0 Å². The van der Waals surface area contributed by atoms with Gasteiger partial charge in [0, 0.05) is 30.5 Å². The molecule has 1 atom stereocenters. The fraction of sp³-hybridized carbons (Fsp3) is 0.688. The predicted molar refractivity (Wildman–Crippen MR) is 90.9 cm³/mol. The number of sulfonamides is 1. The summed E-state index contributed by atoms with van der Waals surface area (Å²) in [6.07, 6.45) is 1.61. The van der Waals surface area contributed by atoms with Crippen LogP contribution < -0.4 is 5.14 Å². The number of hydrogen-bond acceptors (Lipinski definition) is 3. The molecule has 130 valence electrons. The molecule has 0 unspecified atom stereocenters. The normalized spacial score (nSPS) is 19.4. The molecule has 0 aromatic carbocycles. The van der Waals surface area contributed by atoms with Crippen LogP contribution in [0, 0.1) is 19.8 Å². The van der Waals surface area contributed by atoms with Crippen molar-refractivity contribution in [1.82, 2.24) is 9.47 Å². The van der Waals surface area contributed by atoms with Gasteiger partial charge in [-0.3, -0.25) is 4.79 Å². The van der Waals surface area contributed by atoms with E-state index >= 15 is 0 Å². The van der Waals surface area contributed by atoms with Gasteiger partial charge in [0.2, 0.25) is 10.0 Å². The van der Waals surface area contributed by atoms with Crippen molar-refractivity contribution in [2.75, 3.05) is 18.8 Å². The molecule has 1 aromatic heterocycles. The van der Waals surface area contributed by atoms with Gasteiger partial charge in [0.25, 0.3) is 5.91 Å². The monoisotopic (exact) mass is 341 g/mol. The highest BCUT2D eigenvalue weighted by Gasteiger charge is 2.28. The lowest BCUT2D eigenvalue weighted by Crippen LogP contribution is -2.42. The van der Waals surface area contributed by atoms with Crippen LogP contribution in [0.25, 0.3) is 0 Å². The summed E-state index contributed by atoms with van der Waals surface area (Å²) < 4.78 is 24.7. The van der Waals surface area contributed by atoms with Crippen LogP contribution >= 0.6 is 0 Å². The minimum absolute atomic E-state index is 0.0101. The Balaban J connectivity index is 2.19. The van der Waals surface area contributed by atoms with Crippen LogP contribution in [0.2, 0.25) is 0 Å². The first-order valence-corrected chi connectivity index (χ1v) is 9.80. The second kappa shape index (κ2) is 6.65. The highest BCUT2D eigenvalue weighted by atomic mass is 32.2. The molecule has 0 bridgehead atoms. The molecule has 1 aliphatic rings. The zero-order valence-corrected chi connectivity index (χ0v) is 15.2. The molecule has 0 spiro atoms. The first kappa shape index (κ1) is 18.0. The van der Waals surface area contributed by atoms with Gasteiger partial charge in [-0.05, 0) is 52.5 Å². The van der Waals surface area contributed by atoms with Crippen molar-refractivity contribution in [3.05, 3.63) is 23.0 Å². The van der Waals surface area contributed by atoms with E-state index in [9.17, 15) is 13.2 Å². The van der Waals surface area contributed by atoms with Crippen LogP contribution in [-0.4, -0.2) is 42.6 Å². The molecule has 23 heavy (non-hydrogen) atoms. The van der Waals surface area contributed by atoms with Crippen molar-refractivity contribution in [3.8, 4) is 0 Å². The summed E-state index contributed by atoms with van der Waals surface area (Å²) in [6, 6.07) is 2.23. The number of amides is 1. The summed E-state index contributed by atoms with van der Waals surface area (Å²) in [5, 5.41) is 5.15. The van der Waals surface area contributed by atoms with E-state index in [1.807, 2.05) is 19.9 Å². The third kappa shape index (κ3) is 4.14. The Bertz CT molecular complexity index is 692. The number of piperidine rings is 1. The number of aryl methyl sites for hydroxylation is 1. The number of carbonyl (C=O) groups excluding carboxylic acids is 1. The van der Waals surface area contributed by atoms with Crippen LogP contribution in [0.5, 0.6) is 0 Å². The lowest BCUT2D eigenvalue weighted by molar-refractivity contribution is 0.0683. The molecule has 0 radical (unpaired) electrons. The number of rotatable bonds is 4. The van der Waals surface area contributed by atoms with Gasteiger partial charge in [0.15, 0.2) is 0 Å². The maximum atomic E-state index is 12.9. The molecule has 1 saturated heterocycles. The van der Waals surface area contributed by atoms with Crippen LogP contribution in [0.1, 0.15) is 54.5 Å². The Labute approximate surface area is 138 Å². The third-order valence-corrected chi connectivity index (χ3v) is 5.44. The van der Waals surface area contributed by atoms with Gasteiger partial charge in [-0.1, -0.05) is 0 Å². The molecular formula is C16H27N3O3S. The summed E-state index contributed by atoms with van der Waals surface area (Å²) in [6.45, 7) is 9.29. The number of nitrogens with zero attached hydrogens (tertiary/aromatic N) is 2. The second-order valence-electron chi connectivity index (χ2n) is 6.84. The maximum Gasteiger partial charge on any atom is 0.255 e. The van der Waals surface area contributed by atoms with Crippen molar-refractivity contribution in [1.29, 1.82) is 0 Å². The molecule has 1 aromatic rings. The lowest BCUT2D eigenvalue weighted by atomic mass is 9.99. The molecule has 0 aliphatic carbocycles. The van der Waals surface area contributed by atoms with E-state index in [0.29, 0.717) is 24.7 Å². The van der Waals surface area contributed by atoms with E-state index in [0.717, 1.165) is 24.2 Å². The average Bonchev–Trinajstić information content (AvgIpc) is 2.71.